The normalized spacial score (nSPS) is 12.7. The second kappa shape index (κ2) is 6.75. The number of rotatable bonds is 6. The highest BCUT2D eigenvalue weighted by Crippen LogP contribution is 2.33. The van der Waals surface area contributed by atoms with Crippen LogP contribution in [0.15, 0.2) is 23.1 Å². The van der Waals surface area contributed by atoms with Gasteiger partial charge in [0.1, 0.15) is 4.90 Å². The molecule has 1 aromatic rings. The molecular weight excluding hydrogens is 317 g/mol. The Morgan fingerprint density at radius 2 is 1.90 bits per heavy atom. The number of hydrogen-bond acceptors (Lipinski definition) is 3. The highest BCUT2D eigenvalue weighted by molar-refractivity contribution is 7.89. The summed E-state index contributed by atoms with van der Waals surface area (Å²) in [6.07, 6.45) is -3.39. The lowest BCUT2D eigenvalue weighted by Crippen LogP contribution is -2.25. The van der Waals surface area contributed by atoms with Crippen molar-refractivity contribution in [3.8, 4) is 0 Å². The molecule has 0 fully saturated rings. The summed E-state index contributed by atoms with van der Waals surface area (Å²) in [6.45, 7) is 0.583. The van der Waals surface area contributed by atoms with Crippen molar-refractivity contribution in [1.29, 1.82) is 0 Å². The molecule has 0 radical (unpaired) electrons. The van der Waals surface area contributed by atoms with Crippen LogP contribution in [0.2, 0.25) is 5.02 Å². The molecule has 0 saturated heterocycles. The van der Waals surface area contributed by atoms with Crippen LogP contribution in [0, 0.1) is 0 Å². The molecule has 0 saturated carbocycles. The fourth-order valence-electron chi connectivity index (χ4n) is 1.45. The summed E-state index contributed by atoms with van der Waals surface area (Å²) in [5.74, 6) is 0. The van der Waals surface area contributed by atoms with Crippen molar-refractivity contribution in [2.75, 3.05) is 13.1 Å². The highest BCUT2D eigenvalue weighted by Gasteiger charge is 2.32. The van der Waals surface area contributed by atoms with Crippen LogP contribution in [-0.2, 0) is 16.2 Å². The lowest BCUT2D eigenvalue weighted by atomic mass is 10.2. The van der Waals surface area contributed by atoms with Gasteiger partial charge >= 0.3 is 6.18 Å². The quantitative estimate of drug-likeness (QED) is 0.787. The summed E-state index contributed by atoms with van der Waals surface area (Å²) in [7, 11) is -3.92. The smallest absolute Gasteiger partial charge is 0.330 e. The Morgan fingerprint density at radius 3 is 2.40 bits per heavy atom. The van der Waals surface area contributed by atoms with Crippen molar-refractivity contribution in [1.82, 2.24) is 4.72 Å². The SMILES string of the molecule is NCCCCNS(=O)(=O)c1ccc(C(F)(F)F)cc1Cl. The summed E-state index contributed by atoms with van der Waals surface area (Å²) in [6, 6.07) is 2.12. The number of halogens is 4. The van der Waals surface area contributed by atoms with Crippen molar-refractivity contribution in [2.24, 2.45) is 5.73 Å². The zero-order chi connectivity index (χ0) is 15.4. The van der Waals surface area contributed by atoms with Gasteiger partial charge in [-0.2, -0.15) is 13.2 Å². The molecule has 0 aliphatic carbocycles. The molecule has 0 spiro atoms. The number of nitrogens with two attached hydrogens (primary N) is 1. The highest BCUT2D eigenvalue weighted by atomic mass is 35.5. The first kappa shape index (κ1) is 17.2. The largest absolute Gasteiger partial charge is 0.416 e. The van der Waals surface area contributed by atoms with E-state index >= 15 is 0 Å². The van der Waals surface area contributed by atoms with Crippen molar-refractivity contribution in [2.45, 2.75) is 23.9 Å². The van der Waals surface area contributed by atoms with Gasteiger partial charge in [-0.25, -0.2) is 13.1 Å². The number of hydrogen-bond donors (Lipinski definition) is 2. The molecule has 114 valence electrons. The Balaban J connectivity index is 2.91. The first-order chi connectivity index (χ1) is 9.18. The third-order valence-corrected chi connectivity index (χ3v) is 4.42. The number of sulfonamides is 1. The lowest BCUT2D eigenvalue weighted by Gasteiger charge is -2.11. The minimum Gasteiger partial charge on any atom is -0.330 e. The Morgan fingerprint density at radius 1 is 1.25 bits per heavy atom. The van der Waals surface area contributed by atoms with Crippen LogP contribution in [0.1, 0.15) is 18.4 Å². The minimum atomic E-state index is -4.57. The van der Waals surface area contributed by atoms with E-state index in [-0.39, 0.29) is 11.4 Å². The van der Waals surface area contributed by atoms with Crippen LogP contribution >= 0.6 is 11.6 Å². The summed E-state index contributed by atoms with van der Waals surface area (Å²) in [5, 5.41) is -0.467. The molecule has 0 bridgehead atoms. The van der Waals surface area contributed by atoms with Crippen LogP contribution in [0.25, 0.3) is 0 Å². The van der Waals surface area contributed by atoms with E-state index in [1.807, 2.05) is 0 Å². The van der Waals surface area contributed by atoms with E-state index in [4.69, 9.17) is 17.3 Å². The first-order valence-corrected chi connectivity index (χ1v) is 7.61. The molecule has 1 rings (SSSR count). The molecule has 20 heavy (non-hydrogen) atoms. The molecule has 0 aliphatic heterocycles. The minimum absolute atomic E-state index is 0.150. The monoisotopic (exact) mass is 330 g/mol. The van der Waals surface area contributed by atoms with Crippen LogP contribution in [0.4, 0.5) is 13.2 Å². The maximum absolute atomic E-state index is 12.4. The zero-order valence-electron chi connectivity index (χ0n) is 10.4. The maximum atomic E-state index is 12.4. The van der Waals surface area contributed by atoms with Gasteiger partial charge in [0.15, 0.2) is 0 Å². The van der Waals surface area contributed by atoms with Crippen molar-refractivity contribution in [3.05, 3.63) is 28.8 Å². The standard InChI is InChI=1S/C11H14ClF3N2O2S/c12-9-7-8(11(13,14)15)3-4-10(9)20(18,19)17-6-2-1-5-16/h3-4,7,17H,1-2,5-6,16H2. The second-order valence-electron chi connectivity index (χ2n) is 4.04. The Hall–Kier alpha value is -0.830. The van der Waals surface area contributed by atoms with E-state index in [0.717, 1.165) is 6.07 Å². The van der Waals surface area contributed by atoms with Gasteiger partial charge in [0, 0.05) is 6.54 Å². The van der Waals surface area contributed by atoms with E-state index in [2.05, 4.69) is 4.72 Å². The van der Waals surface area contributed by atoms with Gasteiger partial charge in [-0.1, -0.05) is 11.6 Å². The van der Waals surface area contributed by atoms with Crippen LogP contribution in [0.3, 0.4) is 0 Å². The summed E-state index contributed by atoms with van der Waals surface area (Å²) in [5.41, 5.74) is 4.27. The Kier molecular flexibility index (Phi) is 5.81. The van der Waals surface area contributed by atoms with Crippen LogP contribution in [-0.4, -0.2) is 21.5 Å². The van der Waals surface area contributed by atoms with E-state index in [1.54, 1.807) is 0 Å². The molecule has 0 heterocycles. The summed E-state index contributed by atoms with van der Waals surface area (Å²) in [4.78, 5) is -0.375. The van der Waals surface area contributed by atoms with Crippen LogP contribution < -0.4 is 10.5 Å². The predicted octanol–water partition coefficient (Wildman–Crippen LogP) is 2.38. The topological polar surface area (TPSA) is 72.2 Å². The molecule has 0 aliphatic rings. The van der Waals surface area contributed by atoms with Gasteiger partial charge in [0.2, 0.25) is 10.0 Å². The number of unbranched alkanes of at least 4 members (excludes halogenated alkanes) is 1. The van der Waals surface area contributed by atoms with Gasteiger partial charge < -0.3 is 5.73 Å². The van der Waals surface area contributed by atoms with Crippen molar-refractivity contribution >= 4 is 21.6 Å². The molecule has 0 atom stereocenters. The molecule has 0 aromatic heterocycles. The molecule has 0 amide bonds. The third kappa shape index (κ3) is 4.62. The lowest BCUT2D eigenvalue weighted by molar-refractivity contribution is -0.137. The fourth-order valence-corrected chi connectivity index (χ4v) is 3.07. The van der Waals surface area contributed by atoms with Gasteiger partial charge in [0.05, 0.1) is 10.6 Å². The van der Waals surface area contributed by atoms with Crippen molar-refractivity contribution < 1.29 is 21.6 Å². The van der Waals surface area contributed by atoms with Gasteiger partial charge in [0.25, 0.3) is 0 Å². The molecule has 3 N–H and O–H groups in total. The number of nitrogens with one attached hydrogen (secondary N) is 1. The molecule has 0 unspecified atom stereocenters. The van der Waals surface area contributed by atoms with Crippen molar-refractivity contribution in [3.63, 3.8) is 0 Å². The van der Waals surface area contributed by atoms with Gasteiger partial charge in [-0.15, -0.1) is 0 Å². The third-order valence-electron chi connectivity index (χ3n) is 2.47. The summed E-state index contributed by atoms with van der Waals surface area (Å²) < 4.78 is 63.3. The Labute approximate surface area is 120 Å². The average molecular weight is 331 g/mol. The molecule has 9 heteroatoms. The van der Waals surface area contributed by atoms with Gasteiger partial charge in [-0.3, -0.25) is 0 Å². The van der Waals surface area contributed by atoms with E-state index in [1.165, 1.54) is 0 Å². The zero-order valence-corrected chi connectivity index (χ0v) is 11.9. The summed E-state index contributed by atoms with van der Waals surface area (Å²) >= 11 is 5.62. The molecular formula is C11H14ClF3N2O2S. The first-order valence-electron chi connectivity index (χ1n) is 5.75. The number of benzene rings is 1. The molecule has 4 nitrogen and oxygen atoms in total. The average Bonchev–Trinajstić information content (AvgIpc) is 2.33. The maximum Gasteiger partial charge on any atom is 0.416 e. The van der Waals surface area contributed by atoms with E-state index in [0.29, 0.717) is 31.5 Å². The van der Waals surface area contributed by atoms with Crippen LogP contribution in [0.5, 0.6) is 0 Å². The molecule has 1 aromatic carbocycles. The second-order valence-corrected chi connectivity index (χ2v) is 6.18. The van der Waals surface area contributed by atoms with Gasteiger partial charge in [-0.05, 0) is 37.6 Å². The predicted molar refractivity (Wildman–Crippen MR) is 69.9 cm³/mol. The Bertz CT molecular complexity index is 561. The fraction of sp³-hybridized carbons (Fsp3) is 0.455. The van der Waals surface area contributed by atoms with E-state index in [9.17, 15) is 21.6 Å². The number of alkyl halides is 3. The van der Waals surface area contributed by atoms with E-state index < -0.39 is 26.8 Å².